The minimum atomic E-state index is -0.166. The molecule has 0 aromatic carbocycles. The fourth-order valence-corrected chi connectivity index (χ4v) is 2.10. The Morgan fingerprint density at radius 1 is 1.27 bits per heavy atom. The highest BCUT2D eigenvalue weighted by atomic mass is 16.3. The molecule has 0 saturated heterocycles. The molecule has 0 amide bonds. The van der Waals surface area contributed by atoms with Gasteiger partial charge in [-0.15, -0.1) is 0 Å². The lowest BCUT2D eigenvalue weighted by Crippen LogP contribution is -2.41. The van der Waals surface area contributed by atoms with E-state index in [1.807, 2.05) is 12.1 Å². The summed E-state index contributed by atoms with van der Waals surface area (Å²) in [6.45, 7) is 0.824. The summed E-state index contributed by atoms with van der Waals surface area (Å²) in [5.74, 6) is 0. The van der Waals surface area contributed by atoms with Crippen molar-refractivity contribution in [3.8, 4) is 0 Å². The number of nitrogens with zero attached hydrogens (tertiary/aromatic N) is 1. The first-order valence-electron chi connectivity index (χ1n) is 5.66. The van der Waals surface area contributed by atoms with E-state index in [1.54, 1.807) is 12.4 Å². The van der Waals surface area contributed by atoms with Crippen LogP contribution in [0.4, 0.5) is 0 Å². The molecular weight excluding hydrogens is 188 g/mol. The van der Waals surface area contributed by atoms with E-state index in [0.717, 1.165) is 25.8 Å². The maximum Gasteiger partial charge on any atom is 0.0693 e. The van der Waals surface area contributed by atoms with Crippen LogP contribution < -0.4 is 5.32 Å². The van der Waals surface area contributed by atoms with Crippen molar-refractivity contribution in [2.24, 2.45) is 0 Å². The van der Waals surface area contributed by atoms with Gasteiger partial charge >= 0.3 is 0 Å². The van der Waals surface area contributed by atoms with E-state index in [-0.39, 0.29) is 12.1 Å². The van der Waals surface area contributed by atoms with Gasteiger partial charge in [-0.05, 0) is 30.5 Å². The van der Waals surface area contributed by atoms with Gasteiger partial charge in [0.25, 0.3) is 0 Å². The molecule has 1 saturated carbocycles. The van der Waals surface area contributed by atoms with E-state index >= 15 is 0 Å². The van der Waals surface area contributed by atoms with Crippen LogP contribution in [0, 0.1) is 0 Å². The quantitative estimate of drug-likeness (QED) is 0.787. The van der Waals surface area contributed by atoms with Crippen molar-refractivity contribution in [3.05, 3.63) is 30.1 Å². The van der Waals surface area contributed by atoms with Crippen LogP contribution in [-0.4, -0.2) is 22.2 Å². The monoisotopic (exact) mass is 206 g/mol. The molecule has 82 valence electrons. The smallest absolute Gasteiger partial charge is 0.0693 e. The van der Waals surface area contributed by atoms with Crippen LogP contribution in [0.3, 0.4) is 0 Å². The average Bonchev–Trinajstić information content (AvgIpc) is 2.29. The van der Waals surface area contributed by atoms with Crippen molar-refractivity contribution in [2.45, 2.75) is 44.4 Å². The lowest BCUT2D eigenvalue weighted by Gasteiger charge is -2.28. The number of pyridine rings is 1. The Morgan fingerprint density at radius 3 is 2.73 bits per heavy atom. The molecule has 1 aliphatic rings. The standard InChI is InChI=1S/C12H18N2O/c15-12-4-2-1-3-11(12)14-9-10-5-7-13-8-6-10/h5-8,11-12,14-15H,1-4,9H2/t11-,12-/m0/s1. The summed E-state index contributed by atoms with van der Waals surface area (Å²) >= 11 is 0. The van der Waals surface area contributed by atoms with Gasteiger partial charge in [0, 0.05) is 25.0 Å². The van der Waals surface area contributed by atoms with Gasteiger partial charge in [0.05, 0.1) is 6.10 Å². The van der Waals surface area contributed by atoms with Gasteiger partial charge in [0.1, 0.15) is 0 Å². The molecule has 0 radical (unpaired) electrons. The van der Waals surface area contributed by atoms with Gasteiger partial charge in [-0.2, -0.15) is 0 Å². The van der Waals surface area contributed by atoms with Crippen LogP contribution in [0.15, 0.2) is 24.5 Å². The van der Waals surface area contributed by atoms with Crippen molar-refractivity contribution < 1.29 is 5.11 Å². The zero-order chi connectivity index (χ0) is 10.5. The third kappa shape index (κ3) is 3.01. The van der Waals surface area contributed by atoms with Gasteiger partial charge in [0.15, 0.2) is 0 Å². The molecule has 2 atom stereocenters. The Kier molecular flexibility index (Phi) is 3.69. The van der Waals surface area contributed by atoms with Gasteiger partial charge in [-0.25, -0.2) is 0 Å². The second-order valence-corrected chi connectivity index (χ2v) is 4.19. The number of aliphatic hydroxyl groups is 1. The van der Waals surface area contributed by atoms with Crippen molar-refractivity contribution in [1.82, 2.24) is 10.3 Å². The highest BCUT2D eigenvalue weighted by Crippen LogP contribution is 2.18. The first kappa shape index (κ1) is 10.6. The molecule has 15 heavy (non-hydrogen) atoms. The van der Waals surface area contributed by atoms with Gasteiger partial charge in [0.2, 0.25) is 0 Å². The zero-order valence-electron chi connectivity index (χ0n) is 8.89. The topological polar surface area (TPSA) is 45.1 Å². The number of aromatic nitrogens is 1. The molecule has 1 fully saturated rings. The normalized spacial score (nSPS) is 26.5. The molecule has 0 aliphatic heterocycles. The number of aliphatic hydroxyl groups excluding tert-OH is 1. The van der Waals surface area contributed by atoms with Crippen molar-refractivity contribution in [2.75, 3.05) is 0 Å². The van der Waals surface area contributed by atoms with Gasteiger partial charge in [-0.3, -0.25) is 4.98 Å². The summed E-state index contributed by atoms with van der Waals surface area (Å²) in [4.78, 5) is 3.98. The molecule has 0 spiro atoms. The summed E-state index contributed by atoms with van der Waals surface area (Å²) in [6.07, 6.45) is 7.85. The first-order chi connectivity index (χ1) is 7.36. The van der Waals surface area contributed by atoms with E-state index in [4.69, 9.17) is 0 Å². The number of rotatable bonds is 3. The van der Waals surface area contributed by atoms with E-state index in [1.165, 1.54) is 12.0 Å². The first-order valence-corrected chi connectivity index (χ1v) is 5.66. The fraction of sp³-hybridized carbons (Fsp3) is 0.583. The second-order valence-electron chi connectivity index (χ2n) is 4.19. The summed E-state index contributed by atoms with van der Waals surface area (Å²) in [7, 11) is 0. The maximum atomic E-state index is 9.77. The minimum absolute atomic E-state index is 0.166. The van der Waals surface area contributed by atoms with Crippen LogP contribution in [0.5, 0.6) is 0 Å². The van der Waals surface area contributed by atoms with Crippen LogP contribution in [-0.2, 0) is 6.54 Å². The largest absolute Gasteiger partial charge is 0.392 e. The Bertz CT molecular complexity index is 289. The maximum absolute atomic E-state index is 9.77. The molecule has 0 bridgehead atoms. The number of hydrogen-bond donors (Lipinski definition) is 2. The Balaban J connectivity index is 1.82. The fourth-order valence-electron chi connectivity index (χ4n) is 2.10. The minimum Gasteiger partial charge on any atom is -0.392 e. The Morgan fingerprint density at radius 2 is 2.00 bits per heavy atom. The van der Waals surface area contributed by atoms with E-state index in [2.05, 4.69) is 10.3 Å². The van der Waals surface area contributed by atoms with Crippen molar-refractivity contribution in [3.63, 3.8) is 0 Å². The second kappa shape index (κ2) is 5.24. The van der Waals surface area contributed by atoms with Gasteiger partial charge in [-0.1, -0.05) is 12.8 Å². The van der Waals surface area contributed by atoms with Crippen molar-refractivity contribution >= 4 is 0 Å². The summed E-state index contributed by atoms with van der Waals surface area (Å²) in [5.41, 5.74) is 1.22. The van der Waals surface area contributed by atoms with Crippen molar-refractivity contribution in [1.29, 1.82) is 0 Å². The average molecular weight is 206 g/mol. The Hall–Kier alpha value is -0.930. The van der Waals surface area contributed by atoms with Gasteiger partial charge < -0.3 is 10.4 Å². The Labute approximate surface area is 90.5 Å². The lowest BCUT2D eigenvalue weighted by atomic mass is 9.92. The van der Waals surface area contributed by atoms with Crippen LogP contribution in [0.25, 0.3) is 0 Å². The molecule has 1 aromatic heterocycles. The van der Waals surface area contributed by atoms with Crippen LogP contribution in [0.2, 0.25) is 0 Å². The molecular formula is C12H18N2O. The highest BCUT2D eigenvalue weighted by Gasteiger charge is 2.21. The van der Waals surface area contributed by atoms with E-state index in [9.17, 15) is 5.11 Å². The summed E-state index contributed by atoms with van der Waals surface area (Å²) in [6, 6.07) is 4.27. The lowest BCUT2D eigenvalue weighted by molar-refractivity contribution is 0.0902. The number of nitrogens with one attached hydrogen (secondary N) is 1. The predicted molar refractivity (Wildman–Crippen MR) is 59.3 cm³/mol. The highest BCUT2D eigenvalue weighted by molar-refractivity contribution is 5.09. The predicted octanol–water partition coefficient (Wildman–Crippen LogP) is 1.47. The third-order valence-corrected chi connectivity index (χ3v) is 3.05. The molecule has 3 nitrogen and oxygen atoms in total. The van der Waals surface area contributed by atoms with Crippen LogP contribution >= 0.6 is 0 Å². The zero-order valence-corrected chi connectivity index (χ0v) is 8.89. The molecule has 1 aromatic rings. The number of hydrogen-bond acceptors (Lipinski definition) is 3. The molecule has 2 rings (SSSR count). The molecule has 2 N–H and O–H groups in total. The molecule has 0 unspecified atom stereocenters. The molecule has 3 heteroatoms. The molecule has 1 heterocycles. The van der Waals surface area contributed by atoms with Crippen LogP contribution in [0.1, 0.15) is 31.2 Å². The molecule has 1 aliphatic carbocycles. The summed E-state index contributed by atoms with van der Waals surface area (Å²) < 4.78 is 0. The SMILES string of the molecule is O[C@H]1CCCC[C@@H]1NCc1ccncc1. The van der Waals surface area contributed by atoms with E-state index in [0.29, 0.717) is 0 Å². The van der Waals surface area contributed by atoms with E-state index < -0.39 is 0 Å². The third-order valence-electron chi connectivity index (χ3n) is 3.05. The summed E-state index contributed by atoms with van der Waals surface area (Å²) in [5, 5.41) is 13.2.